The highest BCUT2D eigenvalue weighted by atomic mass is 19.3. The summed E-state index contributed by atoms with van der Waals surface area (Å²) in [5, 5.41) is 0. The van der Waals surface area contributed by atoms with Gasteiger partial charge in [0.2, 0.25) is 0 Å². The van der Waals surface area contributed by atoms with Crippen LogP contribution in [0.5, 0.6) is 11.5 Å². The normalized spacial score (nSPS) is 17.3. The summed E-state index contributed by atoms with van der Waals surface area (Å²) in [7, 11) is 0. The van der Waals surface area contributed by atoms with E-state index in [4.69, 9.17) is 9.47 Å². The Balaban J connectivity index is 1.55. The van der Waals surface area contributed by atoms with Crippen molar-refractivity contribution < 1.29 is 58.5 Å². The van der Waals surface area contributed by atoms with Gasteiger partial charge in [0.1, 0.15) is 28.8 Å². The molecule has 0 amide bonds. The van der Waals surface area contributed by atoms with Crippen LogP contribution in [0, 0.1) is 35.0 Å². The lowest BCUT2D eigenvalue weighted by molar-refractivity contribution is -0.206. The molecule has 0 radical (unpaired) electrons. The number of hydrogen-bond donors (Lipinski definition) is 0. The number of benzene rings is 3. The van der Waals surface area contributed by atoms with Crippen molar-refractivity contribution in [3.63, 3.8) is 0 Å². The topological polar surface area (TPSA) is 36.9 Å². The molecule has 0 unspecified atom stereocenters. The van der Waals surface area contributed by atoms with Crippen LogP contribution in [0.25, 0.3) is 11.1 Å². The molecule has 3 aromatic carbocycles. The molecule has 0 spiro atoms. The Morgan fingerprint density at radius 2 is 1.49 bits per heavy atom. The van der Waals surface area contributed by atoms with Crippen LogP contribution in [-0.4, -0.2) is 13.2 Å². The summed E-state index contributed by atoms with van der Waals surface area (Å²) in [5.41, 5.74) is -2.36. The standard InChI is InChI=1S/C28H21F9O4/c1-2-3-14-11-39-27(40-12-14)15-4-5-18(19(29)6-15)16-7-20(30)25(21(31)8-16)28(36,37)41-17-9-22(32)26(23(33)10-17)38-13-24(34)35/h4-10,13-14,27H,2-3,11-12H2,1H3. The Morgan fingerprint density at radius 1 is 0.878 bits per heavy atom. The van der Waals surface area contributed by atoms with Gasteiger partial charge in [-0.3, -0.25) is 0 Å². The van der Waals surface area contributed by atoms with Gasteiger partial charge in [-0.2, -0.15) is 17.6 Å². The number of halogens is 9. The van der Waals surface area contributed by atoms with Crippen molar-refractivity contribution in [2.24, 2.45) is 5.92 Å². The minimum Gasteiger partial charge on any atom is -0.453 e. The second-order valence-electron chi connectivity index (χ2n) is 9.07. The van der Waals surface area contributed by atoms with Crippen molar-refractivity contribution in [1.82, 2.24) is 0 Å². The SMILES string of the molecule is CCCC1COC(c2ccc(-c3cc(F)c(C(F)(F)Oc4cc(F)c(OC=C(F)F)c(F)c4)c(F)c3)c(F)c2)OC1. The third-order valence-electron chi connectivity index (χ3n) is 6.06. The zero-order chi connectivity index (χ0) is 29.9. The third kappa shape index (κ3) is 6.96. The van der Waals surface area contributed by atoms with Gasteiger partial charge in [-0.1, -0.05) is 25.5 Å². The van der Waals surface area contributed by atoms with Crippen LogP contribution in [0.15, 0.2) is 54.8 Å². The van der Waals surface area contributed by atoms with Gasteiger partial charge in [0.25, 0.3) is 0 Å². The number of alkyl halides is 2. The molecule has 1 fully saturated rings. The zero-order valence-corrected chi connectivity index (χ0v) is 21.1. The fraction of sp³-hybridized carbons (Fsp3) is 0.286. The number of ether oxygens (including phenoxy) is 4. The van der Waals surface area contributed by atoms with Crippen molar-refractivity contribution in [2.45, 2.75) is 32.2 Å². The maximum atomic E-state index is 14.9. The third-order valence-corrected chi connectivity index (χ3v) is 6.06. The summed E-state index contributed by atoms with van der Waals surface area (Å²) in [4.78, 5) is 0. The van der Waals surface area contributed by atoms with Crippen molar-refractivity contribution in [3.05, 3.63) is 95.0 Å². The average Bonchev–Trinajstić information content (AvgIpc) is 2.87. The Hall–Kier alpha value is -3.71. The molecule has 1 saturated heterocycles. The molecule has 0 N–H and O–H groups in total. The maximum absolute atomic E-state index is 14.9. The van der Waals surface area contributed by atoms with E-state index in [1.54, 1.807) is 0 Å². The van der Waals surface area contributed by atoms with Gasteiger partial charge >= 0.3 is 12.2 Å². The Bertz CT molecular complexity index is 1390. The molecule has 1 heterocycles. The molecular weight excluding hydrogens is 571 g/mol. The van der Waals surface area contributed by atoms with E-state index in [1.165, 1.54) is 12.1 Å². The lowest BCUT2D eigenvalue weighted by Crippen LogP contribution is -2.27. The van der Waals surface area contributed by atoms with Gasteiger partial charge in [-0.15, -0.1) is 0 Å². The van der Waals surface area contributed by atoms with E-state index in [0.29, 0.717) is 30.9 Å². The van der Waals surface area contributed by atoms with Crippen molar-refractivity contribution in [2.75, 3.05) is 13.2 Å². The predicted octanol–water partition coefficient (Wildman–Crippen LogP) is 8.76. The minimum absolute atomic E-state index is 0.140. The van der Waals surface area contributed by atoms with Crippen LogP contribution < -0.4 is 9.47 Å². The number of hydrogen-bond acceptors (Lipinski definition) is 4. The van der Waals surface area contributed by atoms with Gasteiger partial charge in [-0.05, 0) is 30.2 Å². The first-order valence-electron chi connectivity index (χ1n) is 12.2. The Morgan fingerprint density at radius 3 is 2.02 bits per heavy atom. The lowest BCUT2D eigenvalue weighted by atomic mass is 10.00. The van der Waals surface area contributed by atoms with Crippen molar-refractivity contribution >= 4 is 0 Å². The molecule has 1 aliphatic heterocycles. The monoisotopic (exact) mass is 592 g/mol. The fourth-order valence-corrected chi connectivity index (χ4v) is 4.24. The first-order valence-corrected chi connectivity index (χ1v) is 12.2. The summed E-state index contributed by atoms with van der Waals surface area (Å²) >= 11 is 0. The molecule has 0 aliphatic carbocycles. The van der Waals surface area contributed by atoms with Crippen LogP contribution in [0.3, 0.4) is 0 Å². The summed E-state index contributed by atoms with van der Waals surface area (Å²) in [6, 6.07) is 4.77. The summed E-state index contributed by atoms with van der Waals surface area (Å²) in [6.07, 6.45) is -6.55. The van der Waals surface area contributed by atoms with Crippen LogP contribution in [-0.2, 0) is 15.6 Å². The van der Waals surface area contributed by atoms with Crippen LogP contribution in [0.4, 0.5) is 39.5 Å². The molecule has 4 rings (SSSR count). The smallest absolute Gasteiger partial charge is 0.432 e. The molecule has 4 nitrogen and oxygen atoms in total. The maximum Gasteiger partial charge on any atom is 0.432 e. The predicted molar refractivity (Wildman–Crippen MR) is 127 cm³/mol. The van der Waals surface area contributed by atoms with E-state index in [2.05, 4.69) is 9.47 Å². The van der Waals surface area contributed by atoms with E-state index in [-0.39, 0.29) is 29.9 Å². The molecule has 0 aromatic heterocycles. The molecule has 3 aromatic rings. The summed E-state index contributed by atoms with van der Waals surface area (Å²) < 4.78 is 146. The molecule has 1 aliphatic rings. The highest BCUT2D eigenvalue weighted by Crippen LogP contribution is 2.39. The summed E-state index contributed by atoms with van der Waals surface area (Å²) in [5.74, 6) is -10.4. The van der Waals surface area contributed by atoms with Gasteiger partial charge < -0.3 is 18.9 Å². The molecule has 13 heteroatoms. The van der Waals surface area contributed by atoms with E-state index < -0.39 is 70.2 Å². The van der Waals surface area contributed by atoms with Crippen molar-refractivity contribution in [3.8, 4) is 22.6 Å². The first-order chi connectivity index (χ1) is 19.4. The van der Waals surface area contributed by atoms with Crippen LogP contribution in [0.2, 0.25) is 0 Å². The first kappa shape index (κ1) is 30.3. The average molecular weight is 592 g/mol. The fourth-order valence-electron chi connectivity index (χ4n) is 4.24. The van der Waals surface area contributed by atoms with E-state index in [1.807, 2.05) is 6.92 Å². The highest BCUT2D eigenvalue weighted by Gasteiger charge is 2.42. The Kier molecular flexibility index (Phi) is 9.17. The van der Waals surface area contributed by atoms with E-state index in [0.717, 1.165) is 18.9 Å². The van der Waals surface area contributed by atoms with E-state index >= 15 is 0 Å². The van der Waals surface area contributed by atoms with Gasteiger partial charge in [-0.25, -0.2) is 22.0 Å². The lowest BCUT2D eigenvalue weighted by Gasteiger charge is -2.29. The van der Waals surface area contributed by atoms with Gasteiger partial charge in [0, 0.05) is 29.2 Å². The minimum atomic E-state index is -4.81. The number of rotatable bonds is 9. The molecule has 0 atom stereocenters. The Labute approximate surface area is 227 Å². The summed E-state index contributed by atoms with van der Waals surface area (Å²) in [6.45, 7) is 2.83. The molecule has 41 heavy (non-hydrogen) atoms. The molecule has 220 valence electrons. The second kappa shape index (κ2) is 12.4. The molecule has 0 bridgehead atoms. The van der Waals surface area contributed by atoms with Crippen molar-refractivity contribution in [1.29, 1.82) is 0 Å². The largest absolute Gasteiger partial charge is 0.453 e. The van der Waals surface area contributed by atoms with Crippen LogP contribution >= 0.6 is 0 Å². The van der Waals surface area contributed by atoms with Crippen LogP contribution in [0.1, 0.15) is 37.2 Å². The van der Waals surface area contributed by atoms with Gasteiger partial charge in [0.15, 0.2) is 29.9 Å². The second-order valence-corrected chi connectivity index (χ2v) is 9.07. The quantitative estimate of drug-likeness (QED) is 0.184. The highest BCUT2D eigenvalue weighted by molar-refractivity contribution is 5.65. The van der Waals surface area contributed by atoms with Gasteiger partial charge in [0.05, 0.1) is 13.2 Å². The molecular formula is C28H21F9O4. The molecule has 0 saturated carbocycles. The van der Waals surface area contributed by atoms with E-state index in [9.17, 15) is 39.5 Å². The zero-order valence-electron chi connectivity index (χ0n) is 21.1.